The molecule has 3 aromatic carbocycles. The number of ether oxygens (including phenoxy) is 12. The highest BCUT2D eigenvalue weighted by Crippen LogP contribution is 2.36. The van der Waals surface area contributed by atoms with Gasteiger partial charge in [-0.3, -0.25) is 48.3 Å². The summed E-state index contributed by atoms with van der Waals surface area (Å²) in [5, 5.41) is 11.0. The zero-order chi connectivity index (χ0) is 80.2. The van der Waals surface area contributed by atoms with Gasteiger partial charge < -0.3 is 87.9 Å². The summed E-state index contributed by atoms with van der Waals surface area (Å²) in [6.07, 6.45) is -5.05. The fourth-order valence-corrected chi connectivity index (χ4v) is 11.1. The van der Waals surface area contributed by atoms with Gasteiger partial charge in [0.2, 0.25) is 30.1 Å². The number of carbonyl (C=O) groups excluding carboxylic acids is 14. The van der Waals surface area contributed by atoms with Gasteiger partial charge in [-0.1, -0.05) is 92.4 Å². The Labute approximate surface area is 636 Å². The Morgan fingerprint density at radius 1 is 0.718 bits per heavy atom. The van der Waals surface area contributed by atoms with Gasteiger partial charge in [0.15, 0.2) is 18.3 Å². The molecule has 2 saturated heterocycles. The topological polar surface area (TPSA) is 414 Å². The number of benzene rings is 3. The molecule has 2 fully saturated rings. The number of carbonyl (C=O) groups is 14. The Bertz CT molecular complexity index is 4060. The number of hydrogen-bond acceptors (Lipinski definition) is 26. The van der Waals surface area contributed by atoms with Gasteiger partial charge >= 0.3 is 42.7 Å². The van der Waals surface area contributed by atoms with Crippen molar-refractivity contribution >= 4 is 107 Å². The van der Waals surface area contributed by atoms with Crippen molar-refractivity contribution in [2.75, 3.05) is 90.2 Å². The van der Waals surface area contributed by atoms with E-state index in [1.807, 2.05) is 0 Å². The summed E-state index contributed by atoms with van der Waals surface area (Å²) in [4.78, 5) is 191. The molecule has 0 aliphatic carbocycles. The van der Waals surface area contributed by atoms with E-state index in [9.17, 15) is 67.1 Å². The largest absolute Gasteiger partial charge is 0.509 e. The van der Waals surface area contributed by atoms with Gasteiger partial charge in [-0.2, -0.15) is 0 Å². The predicted octanol–water partition coefficient (Wildman–Crippen LogP) is 6.51. The van der Waals surface area contributed by atoms with E-state index in [0.29, 0.717) is 41.4 Å². The first-order valence-corrected chi connectivity index (χ1v) is 34.6. The lowest BCUT2D eigenvalue weighted by atomic mass is 9.98. The Morgan fingerprint density at radius 3 is 2.01 bits per heavy atom. The SMILES string of the molecule is C#CCN(CN1C(=O)CCC(N2Cc3cc(CNC(=O)Nc4ccc(CCOCCN(C)C(=O)OC(C)(C)C)c(Cl)c4)ccc3C2=O)C1=O)C(=O)OCc1ccc(O[C@@H]2O[C@H](C(=O)OCC=C)[C@@H](OC(=O)OCC=C)[C@H](OC(=O)OCC=C)[C@H]2OC(=O)OCC=C)c(NC(=O)CCNC(=O)CCN2C(=O)C=CC2=O)c1. The van der Waals surface area contributed by atoms with Crippen molar-refractivity contribution in [2.24, 2.45) is 0 Å². The minimum absolute atomic E-state index is 0.0243. The maximum atomic E-state index is 14.4. The molecule has 11 amide bonds. The number of anilines is 2. The summed E-state index contributed by atoms with van der Waals surface area (Å²) in [5.41, 5.74) is 1.72. The van der Waals surface area contributed by atoms with E-state index in [1.165, 1.54) is 40.2 Å². The first kappa shape index (κ1) is 85.0. The number of esters is 1. The molecule has 4 aliphatic rings. The lowest BCUT2D eigenvalue weighted by Crippen LogP contribution is -2.64. The van der Waals surface area contributed by atoms with Crippen molar-refractivity contribution in [1.82, 2.24) is 35.1 Å². The highest BCUT2D eigenvalue weighted by atomic mass is 35.5. The zero-order valence-corrected chi connectivity index (χ0v) is 61.4. The number of amides is 11. The number of piperidine rings is 1. The van der Waals surface area contributed by atoms with Crippen molar-refractivity contribution < 1.29 is 124 Å². The minimum Gasteiger partial charge on any atom is -0.459 e. The van der Waals surface area contributed by atoms with Crippen molar-refractivity contribution in [1.29, 1.82) is 0 Å². The molecule has 3 aromatic rings. The van der Waals surface area contributed by atoms with Crippen LogP contribution >= 0.6 is 11.6 Å². The van der Waals surface area contributed by atoms with Gasteiger partial charge in [0.25, 0.3) is 23.6 Å². The number of hydrogen-bond donors (Lipinski definition) is 4. The average molecular weight is 1550 g/mol. The second-order valence-electron chi connectivity index (χ2n) is 25.3. The molecule has 0 bridgehead atoms. The van der Waals surface area contributed by atoms with E-state index in [-0.39, 0.29) is 68.9 Å². The monoisotopic (exact) mass is 1550 g/mol. The molecule has 35 nitrogen and oxygen atoms in total. The maximum Gasteiger partial charge on any atom is 0.509 e. The van der Waals surface area contributed by atoms with Crippen molar-refractivity contribution in [3.05, 3.63) is 150 Å². The Kier molecular flexibility index (Phi) is 31.8. The van der Waals surface area contributed by atoms with Crippen LogP contribution in [-0.4, -0.2) is 230 Å². The summed E-state index contributed by atoms with van der Waals surface area (Å²) >= 11 is 6.56. The summed E-state index contributed by atoms with van der Waals surface area (Å²) in [6.45, 7) is 15.8. The highest BCUT2D eigenvalue weighted by Gasteiger charge is 2.57. The number of nitrogens with zero attached hydrogens (tertiary/aromatic N) is 5. The van der Waals surface area contributed by atoms with Crippen molar-refractivity contribution in [3.63, 3.8) is 0 Å². The molecule has 1 unspecified atom stereocenters. The van der Waals surface area contributed by atoms with Crippen LogP contribution in [0, 0.1) is 12.3 Å². The summed E-state index contributed by atoms with van der Waals surface area (Å²) in [6, 6.07) is 11.8. The quantitative estimate of drug-likeness (QED) is 0.0120. The molecule has 36 heteroatoms. The molecular formula is C74H84ClN9O26. The van der Waals surface area contributed by atoms with Crippen LogP contribution < -0.4 is 26.0 Å². The molecule has 0 saturated carbocycles. The molecule has 4 heterocycles. The van der Waals surface area contributed by atoms with Gasteiger partial charge in [-0.05, 0) is 86.2 Å². The summed E-state index contributed by atoms with van der Waals surface area (Å²) in [7, 11) is 1.62. The number of fused-ring (bicyclic) bond motifs is 1. The van der Waals surface area contributed by atoms with Gasteiger partial charge in [0.1, 0.15) is 57.1 Å². The average Bonchev–Trinajstić information content (AvgIpc) is 1.38. The number of imide groups is 2. The highest BCUT2D eigenvalue weighted by molar-refractivity contribution is 6.31. The van der Waals surface area contributed by atoms with Crippen LogP contribution in [0.15, 0.2) is 117 Å². The molecule has 4 aliphatic heterocycles. The minimum atomic E-state index is -2.17. The number of nitrogens with one attached hydrogen (secondary N) is 4. The standard InChI is InChI=1S/C74H84ClN9O26/c1-10-29-81(44-84-59(89)22-20-53(65(84)91)83-42-48-38-45(15-19-50(48)64(83)90)41-77-68(93)78-49-18-17-47(51(75)40-49)27-36-99-37-31-80(9)69(94)110-74(6,7)8)70(95)104-43-46-16-21-54(52(39-46)79-56(86)25-28-76-55(85)26-30-82-57(87)23-24-58(82)88)105-67-63(109-73(98)103-35-14-5)61(108-72(97)102-34-13-4)60(107-71(96)101-33-12-3)62(106-67)66(92)100-32-11-2/h1,11-19,21,23-24,38-40,53,60-63,67H,2-5,20,22,25-37,41-44H2,6-9H3,(H,76,85)(H,79,86)(H2,77,78,93)/t53?,60-,61-,62-,63+,67+/m0/s1. The number of rotatable bonds is 36. The number of halogens is 1. The third-order valence-electron chi connectivity index (χ3n) is 16.1. The lowest BCUT2D eigenvalue weighted by Gasteiger charge is -2.42. The molecule has 7 rings (SSSR count). The molecule has 110 heavy (non-hydrogen) atoms. The molecule has 0 spiro atoms. The Morgan fingerprint density at radius 2 is 1.36 bits per heavy atom. The van der Waals surface area contributed by atoms with Gasteiger partial charge in [-0.15, -0.1) is 6.42 Å². The van der Waals surface area contributed by atoms with Gasteiger partial charge in [0, 0.05) is 87.5 Å². The molecular weight excluding hydrogens is 1470 g/mol. The summed E-state index contributed by atoms with van der Waals surface area (Å²) in [5.74, 6) is -4.19. The van der Waals surface area contributed by atoms with Crippen LogP contribution in [0.5, 0.6) is 5.75 Å². The second kappa shape index (κ2) is 41.2. The van der Waals surface area contributed by atoms with Crippen LogP contribution in [0.3, 0.4) is 0 Å². The van der Waals surface area contributed by atoms with Crippen molar-refractivity contribution in [2.45, 2.75) is 115 Å². The Balaban J connectivity index is 1.04. The lowest BCUT2D eigenvalue weighted by molar-refractivity contribution is -0.276. The van der Waals surface area contributed by atoms with Gasteiger partial charge in [0.05, 0.1) is 25.4 Å². The third-order valence-corrected chi connectivity index (χ3v) is 16.4. The van der Waals surface area contributed by atoms with E-state index < -0.39 is 185 Å². The maximum absolute atomic E-state index is 14.4. The number of likely N-dealkylation sites (tertiary alicyclic amines) is 1. The van der Waals surface area contributed by atoms with E-state index in [0.717, 1.165) is 44.6 Å². The molecule has 588 valence electrons. The molecule has 0 radical (unpaired) electrons. The van der Waals surface area contributed by atoms with Crippen LogP contribution in [0.25, 0.3) is 0 Å². The number of terminal acetylenes is 1. The van der Waals surface area contributed by atoms with Crippen LogP contribution in [0.1, 0.15) is 79.1 Å². The van der Waals surface area contributed by atoms with Crippen LogP contribution in [0.4, 0.5) is 40.1 Å². The third kappa shape index (κ3) is 24.9. The predicted molar refractivity (Wildman–Crippen MR) is 385 cm³/mol. The normalized spacial score (nSPS) is 17.7. The van der Waals surface area contributed by atoms with Gasteiger partial charge in [-0.25, -0.2) is 33.6 Å². The van der Waals surface area contributed by atoms with E-state index in [2.05, 4.69) is 53.5 Å². The fraction of sp³-hybridized carbons (Fsp3) is 0.405. The molecule has 4 N–H and O–H groups in total. The van der Waals surface area contributed by atoms with E-state index in [1.54, 1.807) is 64.2 Å². The zero-order valence-electron chi connectivity index (χ0n) is 60.7. The van der Waals surface area contributed by atoms with Crippen LogP contribution in [-0.2, 0) is 112 Å². The molecule has 0 aromatic heterocycles. The fourth-order valence-electron chi connectivity index (χ4n) is 10.8. The number of urea groups is 1. The first-order valence-electron chi connectivity index (χ1n) is 34.2. The van der Waals surface area contributed by atoms with Crippen LogP contribution in [0.2, 0.25) is 5.02 Å². The Hall–Kier alpha value is -12.3. The number of likely N-dealkylation sites (N-methyl/N-ethyl adjacent to an activating group) is 1. The summed E-state index contributed by atoms with van der Waals surface area (Å²) < 4.78 is 66.1. The smallest absolute Gasteiger partial charge is 0.459 e. The van der Waals surface area contributed by atoms with E-state index in [4.69, 9.17) is 74.9 Å². The first-order chi connectivity index (χ1) is 52.5. The second-order valence-corrected chi connectivity index (χ2v) is 25.7. The van der Waals surface area contributed by atoms with Crippen molar-refractivity contribution in [3.8, 4) is 18.1 Å². The molecule has 6 atom stereocenters. The van der Waals surface area contributed by atoms with E-state index >= 15 is 0 Å².